The predicted octanol–water partition coefficient (Wildman–Crippen LogP) is 2.02. The van der Waals surface area contributed by atoms with Crippen LogP contribution in [0.4, 0.5) is 0 Å². The van der Waals surface area contributed by atoms with E-state index in [-0.39, 0.29) is 11.8 Å². The normalized spacial score (nSPS) is 47.5. The zero-order valence-corrected chi connectivity index (χ0v) is 9.83. The van der Waals surface area contributed by atoms with Crippen molar-refractivity contribution in [3.63, 3.8) is 0 Å². The molecule has 0 aromatic rings. The molecule has 2 bridgehead atoms. The van der Waals surface area contributed by atoms with Crippen LogP contribution in [0.1, 0.15) is 26.2 Å². The smallest absolute Gasteiger partial charge is 0.224 e. The van der Waals surface area contributed by atoms with Crippen LogP contribution >= 0.6 is 11.6 Å². The Morgan fingerprint density at radius 3 is 2.53 bits per heavy atom. The van der Waals surface area contributed by atoms with Crippen LogP contribution in [0.5, 0.6) is 0 Å². The molecule has 0 aromatic heterocycles. The molecule has 0 spiro atoms. The van der Waals surface area contributed by atoms with Gasteiger partial charge >= 0.3 is 0 Å². The Bertz CT molecular complexity index is 277. The van der Waals surface area contributed by atoms with Crippen molar-refractivity contribution in [2.24, 2.45) is 29.6 Å². The maximum Gasteiger partial charge on any atom is 0.224 e. The lowest BCUT2D eigenvalue weighted by molar-refractivity contribution is -0.124. The molecule has 0 aromatic carbocycles. The van der Waals surface area contributed by atoms with Gasteiger partial charge in [0.2, 0.25) is 5.91 Å². The fourth-order valence-electron chi connectivity index (χ4n) is 3.90. The van der Waals surface area contributed by atoms with E-state index in [0.717, 1.165) is 23.7 Å². The molecule has 0 aliphatic heterocycles. The minimum atomic E-state index is -0.0364. The first-order valence-corrected chi connectivity index (χ1v) is 6.62. The summed E-state index contributed by atoms with van der Waals surface area (Å²) in [4.78, 5) is 11.7. The second kappa shape index (κ2) is 3.38. The van der Waals surface area contributed by atoms with Crippen molar-refractivity contribution >= 4 is 17.5 Å². The Labute approximate surface area is 95.8 Å². The molecule has 3 rings (SSSR count). The van der Waals surface area contributed by atoms with E-state index in [1.807, 2.05) is 6.92 Å². The van der Waals surface area contributed by atoms with Gasteiger partial charge in [0.05, 0.1) is 0 Å². The fraction of sp³-hybridized carbons (Fsp3) is 0.917. The molecule has 0 saturated heterocycles. The molecular weight excluding hydrogens is 210 g/mol. The summed E-state index contributed by atoms with van der Waals surface area (Å²) < 4.78 is 0. The van der Waals surface area contributed by atoms with Crippen LogP contribution in [0, 0.1) is 29.6 Å². The van der Waals surface area contributed by atoms with Crippen LogP contribution in [0.15, 0.2) is 0 Å². The maximum absolute atomic E-state index is 11.7. The van der Waals surface area contributed by atoms with Gasteiger partial charge in [-0.25, -0.2) is 0 Å². The van der Waals surface area contributed by atoms with Crippen LogP contribution in [-0.2, 0) is 4.79 Å². The van der Waals surface area contributed by atoms with Crippen molar-refractivity contribution < 1.29 is 4.79 Å². The molecule has 5 atom stereocenters. The van der Waals surface area contributed by atoms with Gasteiger partial charge in [-0.05, 0) is 42.9 Å². The lowest BCUT2D eigenvalue weighted by Crippen LogP contribution is -2.34. The first-order valence-electron chi connectivity index (χ1n) is 6.08. The van der Waals surface area contributed by atoms with Crippen molar-refractivity contribution in [3.05, 3.63) is 0 Å². The molecule has 3 fully saturated rings. The number of rotatable bonds is 3. The number of carbonyl (C=O) groups is 1. The number of halogens is 1. The zero-order valence-electron chi connectivity index (χ0n) is 9.08. The molecule has 0 radical (unpaired) electrons. The SMILES string of the molecule is CC(CCl)C(=O)NC1C2C3CCC(C3)C12. The van der Waals surface area contributed by atoms with Crippen molar-refractivity contribution in [1.29, 1.82) is 0 Å². The van der Waals surface area contributed by atoms with Gasteiger partial charge < -0.3 is 5.32 Å². The van der Waals surface area contributed by atoms with Gasteiger partial charge in [0, 0.05) is 17.8 Å². The fourth-order valence-corrected chi connectivity index (χ4v) is 4.04. The summed E-state index contributed by atoms with van der Waals surface area (Å²) >= 11 is 5.68. The third-order valence-corrected chi connectivity index (χ3v) is 5.19. The molecule has 1 N–H and O–H groups in total. The monoisotopic (exact) mass is 227 g/mol. The van der Waals surface area contributed by atoms with E-state index in [2.05, 4.69) is 5.32 Å². The third-order valence-electron chi connectivity index (χ3n) is 4.72. The maximum atomic E-state index is 11.7. The summed E-state index contributed by atoms with van der Waals surface area (Å²) in [6, 6.07) is 0.509. The quantitative estimate of drug-likeness (QED) is 0.735. The molecule has 84 valence electrons. The standard InChI is InChI=1S/C12H18ClNO/c1-6(5-13)12(15)14-11-9-7-2-3-8(4-7)10(9)11/h6-11H,2-5H2,1H3,(H,14,15). The third kappa shape index (κ3) is 1.41. The topological polar surface area (TPSA) is 29.1 Å². The van der Waals surface area contributed by atoms with Crippen LogP contribution in [-0.4, -0.2) is 17.8 Å². The summed E-state index contributed by atoms with van der Waals surface area (Å²) in [6.45, 7) is 1.90. The summed E-state index contributed by atoms with van der Waals surface area (Å²) in [5.41, 5.74) is 0. The van der Waals surface area contributed by atoms with Gasteiger partial charge in [-0.2, -0.15) is 0 Å². The van der Waals surface area contributed by atoms with Gasteiger partial charge in [0.25, 0.3) is 0 Å². The number of nitrogens with one attached hydrogen (secondary N) is 1. The van der Waals surface area contributed by atoms with Crippen LogP contribution in [0.2, 0.25) is 0 Å². The van der Waals surface area contributed by atoms with E-state index in [1.54, 1.807) is 0 Å². The lowest BCUT2D eigenvalue weighted by Gasteiger charge is -2.13. The minimum absolute atomic E-state index is 0.0364. The Kier molecular flexibility index (Phi) is 2.24. The Morgan fingerprint density at radius 2 is 2.00 bits per heavy atom. The number of carbonyl (C=O) groups excluding carboxylic acids is 1. The number of alkyl halides is 1. The highest BCUT2D eigenvalue weighted by atomic mass is 35.5. The highest BCUT2D eigenvalue weighted by molar-refractivity contribution is 6.19. The molecule has 5 unspecified atom stereocenters. The average Bonchev–Trinajstić information content (AvgIpc) is 2.66. The molecule has 3 heteroatoms. The average molecular weight is 228 g/mol. The summed E-state index contributed by atoms with van der Waals surface area (Å²) in [5, 5.41) is 3.18. The largest absolute Gasteiger partial charge is 0.353 e. The lowest BCUT2D eigenvalue weighted by atomic mass is 10.0. The van der Waals surface area contributed by atoms with E-state index in [1.165, 1.54) is 19.3 Å². The van der Waals surface area contributed by atoms with E-state index in [0.29, 0.717) is 11.9 Å². The Balaban J connectivity index is 1.57. The second-order valence-corrected chi connectivity index (χ2v) is 5.89. The Hall–Kier alpha value is -0.240. The molecule has 2 nitrogen and oxygen atoms in total. The first kappa shape index (κ1) is 9.95. The van der Waals surface area contributed by atoms with Crippen molar-refractivity contribution in [3.8, 4) is 0 Å². The molecule has 0 heterocycles. The molecule has 1 amide bonds. The highest BCUT2D eigenvalue weighted by Crippen LogP contribution is 2.65. The molecule has 3 saturated carbocycles. The van der Waals surface area contributed by atoms with E-state index in [4.69, 9.17) is 11.6 Å². The van der Waals surface area contributed by atoms with Crippen LogP contribution in [0.3, 0.4) is 0 Å². The molecule has 3 aliphatic carbocycles. The molecule has 3 aliphatic rings. The van der Waals surface area contributed by atoms with Crippen LogP contribution in [0.25, 0.3) is 0 Å². The Morgan fingerprint density at radius 1 is 1.40 bits per heavy atom. The number of hydrogen-bond donors (Lipinski definition) is 1. The second-order valence-electron chi connectivity index (χ2n) is 5.58. The van der Waals surface area contributed by atoms with Gasteiger partial charge in [0.15, 0.2) is 0 Å². The predicted molar refractivity (Wildman–Crippen MR) is 59.6 cm³/mol. The van der Waals surface area contributed by atoms with Gasteiger partial charge in [0.1, 0.15) is 0 Å². The van der Waals surface area contributed by atoms with E-state index >= 15 is 0 Å². The highest BCUT2D eigenvalue weighted by Gasteiger charge is 2.65. The minimum Gasteiger partial charge on any atom is -0.353 e. The van der Waals surface area contributed by atoms with Gasteiger partial charge in [-0.15, -0.1) is 11.6 Å². The van der Waals surface area contributed by atoms with E-state index < -0.39 is 0 Å². The van der Waals surface area contributed by atoms with Crippen molar-refractivity contribution in [2.45, 2.75) is 32.2 Å². The van der Waals surface area contributed by atoms with Gasteiger partial charge in [-0.3, -0.25) is 4.79 Å². The number of amides is 1. The molecular formula is C12H18ClNO. The van der Waals surface area contributed by atoms with Gasteiger partial charge in [-0.1, -0.05) is 6.92 Å². The van der Waals surface area contributed by atoms with Crippen molar-refractivity contribution in [1.82, 2.24) is 5.32 Å². The summed E-state index contributed by atoms with van der Waals surface area (Å²) in [7, 11) is 0. The first-order chi connectivity index (χ1) is 7.22. The zero-order chi connectivity index (χ0) is 10.6. The van der Waals surface area contributed by atoms with Crippen LogP contribution < -0.4 is 5.32 Å². The number of hydrogen-bond acceptors (Lipinski definition) is 1. The summed E-state index contributed by atoms with van der Waals surface area (Å²) in [5.74, 6) is 4.06. The molecule has 15 heavy (non-hydrogen) atoms. The summed E-state index contributed by atoms with van der Waals surface area (Å²) in [6.07, 6.45) is 4.25. The number of fused-ring (bicyclic) bond motifs is 5. The van der Waals surface area contributed by atoms with Crippen molar-refractivity contribution in [2.75, 3.05) is 5.88 Å². The van der Waals surface area contributed by atoms with E-state index in [9.17, 15) is 4.79 Å².